The molecular weight excluding hydrogens is 438 g/mol. The molecule has 3 heterocycles. The summed E-state index contributed by atoms with van der Waals surface area (Å²) < 4.78 is 18.7. The number of rotatable bonds is 7. The number of aryl methyl sites for hydroxylation is 1. The van der Waals surface area contributed by atoms with Crippen LogP contribution in [0.25, 0.3) is 11.5 Å². The van der Waals surface area contributed by atoms with E-state index < -0.39 is 0 Å². The molecule has 2 aromatic heterocycles. The molecule has 7 nitrogen and oxygen atoms in total. The molecule has 0 fully saturated rings. The van der Waals surface area contributed by atoms with Crippen LogP contribution in [0.5, 0.6) is 11.5 Å². The lowest BCUT2D eigenvalue weighted by molar-refractivity contribution is 0.102. The average Bonchev–Trinajstić information content (AvgIpc) is 3.56. The monoisotopic (exact) mass is 461 g/mol. The second kappa shape index (κ2) is 8.78. The van der Waals surface area contributed by atoms with E-state index in [0.717, 1.165) is 22.5 Å². The molecule has 8 heteroatoms. The van der Waals surface area contributed by atoms with Crippen LogP contribution in [0.4, 0.5) is 0 Å². The Labute approximate surface area is 195 Å². The first-order valence-electron chi connectivity index (χ1n) is 10.6. The summed E-state index contributed by atoms with van der Waals surface area (Å²) in [5, 5.41) is 8.54. The molecule has 1 atom stereocenters. The van der Waals surface area contributed by atoms with E-state index in [0.29, 0.717) is 22.6 Å². The molecule has 1 aliphatic rings. The number of nitrogens with zero attached hydrogens (tertiary/aromatic N) is 3. The molecule has 0 N–H and O–H groups in total. The van der Waals surface area contributed by atoms with Gasteiger partial charge in [-0.2, -0.15) is 0 Å². The van der Waals surface area contributed by atoms with E-state index in [1.807, 2.05) is 50.2 Å². The maximum Gasteiger partial charge on any atom is 0.277 e. The fourth-order valence-electron chi connectivity index (χ4n) is 4.16. The van der Waals surface area contributed by atoms with Crippen molar-refractivity contribution in [3.05, 3.63) is 77.1 Å². The Kier molecular flexibility index (Phi) is 5.68. The van der Waals surface area contributed by atoms with Gasteiger partial charge in [-0.3, -0.25) is 4.79 Å². The van der Waals surface area contributed by atoms with Crippen LogP contribution >= 0.6 is 11.8 Å². The molecule has 0 spiro atoms. The summed E-state index contributed by atoms with van der Waals surface area (Å²) in [6.07, 6.45) is 0. The fraction of sp³-hybridized carbons (Fsp3) is 0.240. The second-order valence-corrected chi connectivity index (χ2v) is 8.82. The minimum atomic E-state index is 0.0300. The maximum absolute atomic E-state index is 13.0. The van der Waals surface area contributed by atoms with Crippen molar-refractivity contribution in [1.82, 2.24) is 14.8 Å². The van der Waals surface area contributed by atoms with E-state index in [9.17, 15) is 4.79 Å². The summed E-state index contributed by atoms with van der Waals surface area (Å²) in [6, 6.07) is 17.8. The van der Waals surface area contributed by atoms with Gasteiger partial charge in [-0.05, 0) is 50.6 Å². The van der Waals surface area contributed by atoms with Crippen molar-refractivity contribution in [1.29, 1.82) is 0 Å². The summed E-state index contributed by atoms with van der Waals surface area (Å²) in [5.41, 5.74) is 4.68. The second-order valence-electron chi connectivity index (χ2n) is 7.89. The molecule has 0 amide bonds. The van der Waals surface area contributed by atoms with Crippen molar-refractivity contribution in [2.24, 2.45) is 0 Å². The van der Waals surface area contributed by atoms with E-state index in [4.69, 9.17) is 13.9 Å². The molecule has 4 aromatic rings. The summed E-state index contributed by atoms with van der Waals surface area (Å²) in [5.74, 6) is 1.96. The minimum Gasteiger partial charge on any atom is -0.454 e. The Bertz CT molecular complexity index is 1310. The minimum absolute atomic E-state index is 0.0300. The van der Waals surface area contributed by atoms with Crippen molar-refractivity contribution in [2.75, 3.05) is 12.5 Å². The zero-order valence-electron chi connectivity index (χ0n) is 18.6. The van der Waals surface area contributed by atoms with Gasteiger partial charge in [-0.15, -0.1) is 10.2 Å². The highest BCUT2D eigenvalue weighted by Crippen LogP contribution is 2.36. The quantitative estimate of drug-likeness (QED) is 0.267. The zero-order chi connectivity index (χ0) is 22.9. The van der Waals surface area contributed by atoms with E-state index >= 15 is 0 Å². The Balaban J connectivity index is 1.28. The van der Waals surface area contributed by atoms with Crippen LogP contribution in [0.15, 0.2) is 64.2 Å². The van der Waals surface area contributed by atoms with Gasteiger partial charge in [-0.25, -0.2) is 0 Å². The molecule has 0 saturated heterocycles. The molecule has 0 radical (unpaired) electrons. The Morgan fingerprint density at radius 2 is 1.85 bits per heavy atom. The first kappa shape index (κ1) is 21.3. The van der Waals surface area contributed by atoms with Crippen molar-refractivity contribution in [2.45, 2.75) is 32.0 Å². The van der Waals surface area contributed by atoms with E-state index in [1.54, 1.807) is 6.07 Å². The van der Waals surface area contributed by atoms with Gasteiger partial charge in [0.05, 0.1) is 11.8 Å². The molecule has 0 bridgehead atoms. The number of thioether (sulfide) groups is 1. The number of ether oxygens (including phenoxy) is 2. The van der Waals surface area contributed by atoms with Crippen molar-refractivity contribution in [3.8, 4) is 23.0 Å². The third-order valence-corrected chi connectivity index (χ3v) is 6.63. The van der Waals surface area contributed by atoms with Crippen LogP contribution in [-0.4, -0.2) is 33.1 Å². The van der Waals surface area contributed by atoms with Gasteiger partial charge >= 0.3 is 0 Å². The van der Waals surface area contributed by atoms with Gasteiger partial charge in [0.1, 0.15) is 0 Å². The van der Waals surface area contributed by atoms with Gasteiger partial charge in [0, 0.05) is 22.5 Å². The Morgan fingerprint density at radius 3 is 2.67 bits per heavy atom. The molecule has 2 aromatic carbocycles. The number of carbonyl (C=O) groups is 1. The highest BCUT2D eigenvalue weighted by molar-refractivity contribution is 7.99. The third kappa shape index (κ3) is 4.14. The molecule has 0 unspecified atom stereocenters. The van der Waals surface area contributed by atoms with Crippen molar-refractivity contribution < 1.29 is 18.7 Å². The lowest BCUT2D eigenvalue weighted by atomic mass is 10.1. The van der Waals surface area contributed by atoms with E-state index in [2.05, 4.69) is 33.8 Å². The molecule has 0 aliphatic carbocycles. The van der Waals surface area contributed by atoms with E-state index in [1.165, 1.54) is 17.3 Å². The number of hydrogen-bond donors (Lipinski definition) is 0. The van der Waals surface area contributed by atoms with Crippen LogP contribution in [0.1, 0.15) is 40.3 Å². The van der Waals surface area contributed by atoms with Crippen molar-refractivity contribution in [3.63, 3.8) is 0 Å². The maximum atomic E-state index is 13.0. The highest BCUT2D eigenvalue weighted by atomic mass is 32.2. The average molecular weight is 462 g/mol. The molecule has 0 saturated carbocycles. The van der Waals surface area contributed by atoms with E-state index in [-0.39, 0.29) is 24.4 Å². The third-order valence-electron chi connectivity index (χ3n) is 5.81. The van der Waals surface area contributed by atoms with Gasteiger partial charge in [-0.1, -0.05) is 42.1 Å². The number of carbonyl (C=O) groups excluding carboxylic acids is 1. The van der Waals surface area contributed by atoms with Crippen LogP contribution in [0.3, 0.4) is 0 Å². The number of fused-ring (bicyclic) bond motifs is 1. The molecule has 5 rings (SSSR count). The highest BCUT2D eigenvalue weighted by Gasteiger charge is 2.21. The molecule has 33 heavy (non-hydrogen) atoms. The van der Waals surface area contributed by atoms with Gasteiger partial charge < -0.3 is 18.5 Å². The molecular formula is C25H23N3O4S. The van der Waals surface area contributed by atoms with Gasteiger partial charge in [0.25, 0.3) is 5.22 Å². The number of aromatic nitrogens is 3. The summed E-state index contributed by atoms with van der Waals surface area (Å²) in [4.78, 5) is 13.0. The first-order valence-corrected chi connectivity index (χ1v) is 11.6. The van der Waals surface area contributed by atoms with Crippen LogP contribution < -0.4 is 9.47 Å². The largest absolute Gasteiger partial charge is 0.454 e. The van der Waals surface area contributed by atoms with Crippen molar-refractivity contribution >= 4 is 17.5 Å². The number of ketones is 1. The van der Waals surface area contributed by atoms with Gasteiger partial charge in [0.15, 0.2) is 17.3 Å². The van der Waals surface area contributed by atoms with Crippen LogP contribution in [0.2, 0.25) is 0 Å². The number of benzene rings is 2. The lowest BCUT2D eigenvalue weighted by Crippen LogP contribution is -2.11. The summed E-state index contributed by atoms with van der Waals surface area (Å²) in [6.45, 7) is 6.38. The normalized spacial score (nSPS) is 13.3. The smallest absolute Gasteiger partial charge is 0.277 e. The zero-order valence-corrected chi connectivity index (χ0v) is 19.4. The molecule has 168 valence electrons. The van der Waals surface area contributed by atoms with Crippen LogP contribution in [-0.2, 0) is 0 Å². The Morgan fingerprint density at radius 1 is 1.06 bits per heavy atom. The Hall–Kier alpha value is -3.52. The summed E-state index contributed by atoms with van der Waals surface area (Å²) >= 11 is 1.24. The summed E-state index contributed by atoms with van der Waals surface area (Å²) in [7, 11) is 0. The number of hydrogen-bond acceptors (Lipinski definition) is 7. The topological polar surface area (TPSA) is 79.4 Å². The van der Waals surface area contributed by atoms with Crippen LogP contribution in [0, 0.1) is 13.8 Å². The SMILES string of the molecule is Cc1cc(C(=O)CSc2nnc(-c3ccc4c(c3)OCO4)o2)c(C)n1[C@H](C)c1ccccc1. The number of Topliss-reactive ketones (excluding diaryl/α,β-unsaturated/α-hetero) is 1. The van der Waals surface area contributed by atoms with Gasteiger partial charge in [0.2, 0.25) is 12.7 Å². The predicted octanol–water partition coefficient (Wildman–Crippen LogP) is 5.47. The first-order chi connectivity index (χ1) is 16.0. The molecule has 1 aliphatic heterocycles. The lowest BCUT2D eigenvalue weighted by Gasteiger charge is -2.19. The standard InChI is InChI=1S/C25H23N3O4S/c1-15-11-20(17(3)28(15)16(2)18-7-5-4-6-8-18)21(29)13-33-25-27-26-24(32-25)19-9-10-22-23(12-19)31-14-30-22/h4-12,16H,13-14H2,1-3H3/t16-/m1/s1. The fourth-order valence-corrected chi connectivity index (χ4v) is 4.80. The predicted molar refractivity (Wildman–Crippen MR) is 125 cm³/mol.